The van der Waals surface area contributed by atoms with Crippen molar-refractivity contribution in [2.45, 2.75) is 27.7 Å². The molecule has 0 saturated heterocycles. The van der Waals surface area contributed by atoms with Gasteiger partial charge in [0.1, 0.15) is 23.3 Å². The first-order chi connectivity index (χ1) is 14.2. The van der Waals surface area contributed by atoms with Crippen molar-refractivity contribution in [3.63, 3.8) is 0 Å². The van der Waals surface area contributed by atoms with E-state index in [1.807, 2.05) is 32.9 Å². The fourth-order valence-electron chi connectivity index (χ4n) is 3.13. The number of aryl methyl sites for hydroxylation is 3. The van der Waals surface area contributed by atoms with Crippen LogP contribution in [0.4, 0.5) is 17.6 Å². The number of benzene rings is 3. The maximum Gasteiger partial charge on any atom is 0.143 e. The molecule has 30 heavy (non-hydrogen) atoms. The van der Waals surface area contributed by atoms with E-state index >= 15 is 0 Å². The number of hydrogen-bond acceptors (Lipinski definition) is 0. The second-order valence-corrected chi connectivity index (χ2v) is 7.15. The average molecular weight is 406 g/mol. The Balaban J connectivity index is 1.95. The molecule has 0 aliphatic heterocycles. The van der Waals surface area contributed by atoms with Crippen LogP contribution in [0.5, 0.6) is 0 Å². The number of hydrogen-bond donors (Lipinski definition) is 0. The van der Waals surface area contributed by atoms with Gasteiger partial charge in [0.05, 0.1) is 5.56 Å². The molecule has 0 N–H and O–H groups in total. The molecular weight excluding hydrogens is 388 g/mol. The molecule has 0 heterocycles. The summed E-state index contributed by atoms with van der Waals surface area (Å²) in [7, 11) is 0. The Hall–Kier alpha value is -3.50. The Morgan fingerprint density at radius 3 is 1.37 bits per heavy atom. The summed E-state index contributed by atoms with van der Waals surface area (Å²) in [6.45, 7) is 7.07. The van der Waals surface area contributed by atoms with Gasteiger partial charge in [-0.15, -0.1) is 0 Å². The topological polar surface area (TPSA) is 0 Å². The van der Waals surface area contributed by atoms with E-state index < -0.39 is 23.3 Å². The minimum Gasteiger partial charge on any atom is -0.207 e. The molecule has 0 bridgehead atoms. The summed E-state index contributed by atoms with van der Waals surface area (Å²) in [5.74, 6) is 7.31. The van der Waals surface area contributed by atoms with Gasteiger partial charge in [-0.2, -0.15) is 0 Å². The van der Waals surface area contributed by atoms with Gasteiger partial charge in [0.25, 0.3) is 0 Å². The van der Waals surface area contributed by atoms with Crippen LogP contribution in [-0.4, -0.2) is 0 Å². The molecular formula is C26H18F4. The van der Waals surface area contributed by atoms with Crippen LogP contribution >= 0.6 is 0 Å². The highest BCUT2D eigenvalue weighted by molar-refractivity contribution is 5.53. The molecule has 3 rings (SSSR count). The zero-order valence-electron chi connectivity index (χ0n) is 17.0. The van der Waals surface area contributed by atoms with Gasteiger partial charge < -0.3 is 0 Å². The third-order valence-electron chi connectivity index (χ3n) is 4.66. The van der Waals surface area contributed by atoms with E-state index in [1.54, 1.807) is 0 Å². The smallest absolute Gasteiger partial charge is 0.143 e. The Kier molecular flexibility index (Phi) is 5.99. The van der Waals surface area contributed by atoms with Crippen molar-refractivity contribution in [2.24, 2.45) is 0 Å². The van der Waals surface area contributed by atoms with Gasteiger partial charge in [-0.3, -0.25) is 0 Å². The van der Waals surface area contributed by atoms with Crippen LogP contribution in [0.2, 0.25) is 0 Å². The molecule has 150 valence electrons. The first-order valence-corrected chi connectivity index (χ1v) is 9.22. The molecule has 0 unspecified atom stereocenters. The molecule has 4 heteroatoms. The lowest BCUT2D eigenvalue weighted by atomic mass is 10.00. The third kappa shape index (κ3) is 4.56. The van der Waals surface area contributed by atoms with Gasteiger partial charge in [0.2, 0.25) is 0 Å². The largest absolute Gasteiger partial charge is 0.207 e. The molecule has 0 spiro atoms. The highest BCUT2D eigenvalue weighted by atomic mass is 19.1. The van der Waals surface area contributed by atoms with E-state index in [2.05, 4.69) is 23.7 Å². The molecule has 0 fully saturated rings. The van der Waals surface area contributed by atoms with Crippen molar-refractivity contribution in [3.8, 4) is 23.7 Å². The lowest BCUT2D eigenvalue weighted by Crippen LogP contribution is -1.94. The lowest BCUT2D eigenvalue weighted by molar-refractivity contribution is 0.567. The zero-order valence-corrected chi connectivity index (χ0v) is 17.0. The average Bonchev–Trinajstić information content (AvgIpc) is 2.65. The van der Waals surface area contributed by atoms with Crippen LogP contribution in [-0.2, 0) is 0 Å². The molecule has 0 amide bonds. The van der Waals surface area contributed by atoms with Gasteiger partial charge in [-0.1, -0.05) is 41.4 Å². The second kappa shape index (κ2) is 8.47. The molecule has 3 aromatic carbocycles. The summed E-state index contributed by atoms with van der Waals surface area (Å²) >= 11 is 0. The normalized spacial score (nSPS) is 10.1. The first kappa shape index (κ1) is 21.2. The Labute approximate surface area is 173 Å². The van der Waals surface area contributed by atoms with Crippen molar-refractivity contribution in [1.82, 2.24) is 0 Å². The van der Waals surface area contributed by atoms with Crippen molar-refractivity contribution in [3.05, 3.63) is 104 Å². The maximum absolute atomic E-state index is 14.5. The van der Waals surface area contributed by atoms with E-state index in [1.165, 1.54) is 6.92 Å². The van der Waals surface area contributed by atoms with Crippen molar-refractivity contribution in [2.75, 3.05) is 0 Å². The second-order valence-electron chi connectivity index (χ2n) is 7.15. The van der Waals surface area contributed by atoms with E-state index in [0.717, 1.165) is 46.5 Å². The van der Waals surface area contributed by atoms with Crippen molar-refractivity contribution in [1.29, 1.82) is 0 Å². The van der Waals surface area contributed by atoms with Crippen LogP contribution in [0.1, 0.15) is 44.5 Å². The summed E-state index contributed by atoms with van der Waals surface area (Å²) in [5.41, 5.74) is 3.33. The van der Waals surface area contributed by atoms with Crippen LogP contribution in [0, 0.1) is 74.6 Å². The molecule has 0 saturated carbocycles. The molecule has 0 nitrogen and oxygen atoms in total. The van der Waals surface area contributed by atoms with Gasteiger partial charge >= 0.3 is 0 Å². The Morgan fingerprint density at radius 2 is 0.900 bits per heavy atom. The Bertz CT molecular complexity index is 1210. The van der Waals surface area contributed by atoms with Gasteiger partial charge in [0.15, 0.2) is 0 Å². The van der Waals surface area contributed by atoms with Crippen LogP contribution in [0.3, 0.4) is 0 Å². The fraction of sp³-hybridized carbons (Fsp3) is 0.154. The minimum atomic E-state index is -0.851. The van der Waals surface area contributed by atoms with Gasteiger partial charge in [-0.05, 0) is 63.1 Å². The fourth-order valence-corrected chi connectivity index (χ4v) is 3.13. The summed E-state index contributed by atoms with van der Waals surface area (Å²) in [6, 6.07) is 8.17. The summed E-state index contributed by atoms with van der Waals surface area (Å²) < 4.78 is 56.1. The van der Waals surface area contributed by atoms with E-state index in [4.69, 9.17) is 0 Å². The molecule has 0 radical (unpaired) electrons. The predicted octanol–water partition coefficient (Wildman–Crippen LogP) is 6.28. The van der Waals surface area contributed by atoms with Gasteiger partial charge in [0, 0.05) is 22.3 Å². The Morgan fingerprint density at radius 1 is 0.500 bits per heavy atom. The summed E-state index contributed by atoms with van der Waals surface area (Å²) in [5, 5.41) is 0. The molecule has 0 aliphatic carbocycles. The monoisotopic (exact) mass is 406 g/mol. The summed E-state index contributed by atoms with van der Waals surface area (Å²) in [6.07, 6.45) is 0. The molecule has 0 aromatic heterocycles. The van der Waals surface area contributed by atoms with Crippen LogP contribution in [0.15, 0.2) is 36.4 Å². The van der Waals surface area contributed by atoms with E-state index in [-0.39, 0.29) is 22.3 Å². The lowest BCUT2D eigenvalue weighted by Gasteiger charge is -2.05. The van der Waals surface area contributed by atoms with E-state index in [9.17, 15) is 17.6 Å². The molecule has 0 aliphatic rings. The predicted molar refractivity (Wildman–Crippen MR) is 110 cm³/mol. The van der Waals surface area contributed by atoms with Crippen LogP contribution < -0.4 is 0 Å². The standard InChI is InChI=1S/C26H18F4/c1-15-9-16(2)21(17(3)10-15)7-8-22-25(29)13-20(14-26(22)30)6-5-19-11-23(27)18(4)24(28)12-19/h9-14H,1-4H3. The minimum absolute atomic E-state index is 0.0413. The highest BCUT2D eigenvalue weighted by Gasteiger charge is 2.10. The zero-order chi connectivity index (χ0) is 22.0. The maximum atomic E-state index is 14.5. The van der Waals surface area contributed by atoms with Crippen molar-refractivity contribution < 1.29 is 17.6 Å². The molecule has 3 aromatic rings. The van der Waals surface area contributed by atoms with Gasteiger partial charge in [-0.25, -0.2) is 17.6 Å². The quantitative estimate of drug-likeness (QED) is 0.305. The van der Waals surface area contributed by atoms with E-state index in [0.29, 0.717) is 0 Å². The number of halogens is 4. The van der Waals surface area contributed by atoms with Crippen molar-refractivity contribution >= 4 is 0 Å². The summed E-state index contributed by atoms with van der Waals surface area (Å²) in [4.78, 5) is 0. The molecule has 0 atom stereocenters. The third-order valence-corrected chi connectivity index (χ3v) is 4.66. The SMILES string of the molecule is Cc1cc(C)c(C#Cc2c(F)cc(C#Cc3cc(F)c(C)c(F)c3)cc2F)c(C)c1. The van der Waals surface area contributed by atoms with Crippen LogP contribution in [0.25, 0.3) is 0 Å². The first-order valence-electron chi connectivity index (χ1n) is 9.22. The highest BCUT2D eigenvalue weighted by Crippen LogP contribution is 2.18. The number of rotatable bonds is 0.